The maximum absolute atomic E-state index is 12.3. The number of carbonyl (C=O) groups is 1. The van der Waals surface area contributed by atoms with Gasteiger partial charge in [-0.15, -0.1) is 0 Å². The summed E-state index contributed by atoms with van der Waals surface area (Å²) in [5.41, 5.74) is 1.02. The number of carbonyl (C=O) groups excluding carboxylic acids is 1. The molecule has 0 saturated carbocycles. The second-order valence-corrected chi connectivity index (χ2v) is 7.51. The van der Waals surface area contributed by atoms with Gasteiger partial charge in [-0.3, -0.25) is 4.90 Å². The van der Waals surface area contributed by atoms with Gasteiger partial charge in [0.2, 0.25) is 0 Å². The lowest BCUT2D eigenvalue weighted by Crippen LogP contribution is -2.52. The predicted molar refractivity (Wildman–Crippen MR) is 89.6 cm³/mol. The minimum absolute atomic E-state index is 0.0413. The first kappa shape index (κ1) is 15.3. The summed E-state index contributed by atoms with van der Waals surface area (Å²) in [7, 11) is 0. The summed E-state index contributed by atoms with van der Waals surface area (Å²) >= 11 is 3.45. The Bertz CT molecular complexity index is 602. The molecule has 0 radical (unpaired) electrons. The number of fused-ring (bicyclic) bond motifs is 4. The van der Waals surface area contributed by atoms with E-state index in [0.717, 1.165) is 54.7 Å². The highest BCUT2D eigenvalue weighted by Crippen LogP contribution is 2.34. The largest absolute Gasteiger partial charge is 0.493 e. The molecule has 1 amide bonds. The third-order valence-corrected chi connectivity index (χ3v) is 5.66. The second-order valence-electron chi connectivity index (χ2n) is 6.60. The number of amides is 1. The first-order valence-electron chi connectivity index (χ1n) is 8.31. The lowest BCUT2D eigenvalue weighted by molar-refractivity contribution is -0.0342. The lowest BCUT2D eigenvalue weighted by atomic mass is 9.86. The molecule has 124 valence electrons. The average molecular weight is 381 g/mol. The van der Waals surface area contributed by atoms with Crippen LogP contribution in [0.15, 0.2) is 22.7 Å². The van der Waals surface area contributed by atoms with Crippen molar-refractivity contribution in [1.29, 1.82) is 0 Å². The zero-order chi connectivity index (χ0) is 15.8. The van der Waals surface area contributed by atoms with Crippen molar-refractivity contribution >= 4 is 22.0 Å². The van der Waals surface area contributed by atoms with Crippen LogP contribution in [0.5, 0.6) is 5.75 Å². The van der Waals surface area contributed by atoms with Crippen molar-refractivity contribution in [3.05, 3.63) is 28.2 Å². The molecule has 6 heteroatoms. The highest BCUT2D eigenvalue weighted by atomic mass is 79.9. The molecule has 2 atom stereocenters. The highest BCUT2D eigenvalue weighted by molar-refractivity contribution is 9.10. The van der Waals surface area contributed by atoms with E-state index >= 15 is 0 Å². The monoisotopic (exact) mass is 380 g/mol. The zero-order valence-corrected chi connectivity index (χ0v) is 14.5. The molecule has 1 N–H and O–H groups in total. The van der Waals surface area contributed by atoms with Crippen LogP contribution in [0.25, 0.3) is 0 Å². The van der Waals surface area contributed by atoms with Crippen LogP contribution in [0.2, 0.25) is 0 Å². The summed E-state index contributed by atoms with van der Waals surface area (Å²) in [5, 5.41) is 3.03. The Balaban J connectivity index is 1.40. The molecule has 4 aliphatic rings. The van der Waals surface area contributed by atoms with Gasteiger partial charge in [-0.2, -0.15) is 0 Å². The van der Waals surface area contributed by atoms with Gasteiger partial charge in [-0.25, -0.2) is 4.79 Å². The molecule has 5 nitrogen and oxygen atoms in total. The van der Waals surface area contributed by atoms with Gasteiger partial charge in [0.25, 0.3) is 0 Å². The van der Waals surface area contributed by atoms with Gasteiger partial charge in [0, 0.05) is 23.0 Å². The topological polar surface area (TPSA) is 50.8 Å². The molecule has 4 heterocycles. The average Bonchev–Trinajstić information content (AvgIpc) is 2.56. The molecule has 1 unspecified atom stereocenters. The number of piperidine rings is 3. The first-order valence-corrected chi connectivity index (χ1v) is 9.10. The van der Waals surface area contributed by atoms with Crippen LogP contribution in [0.3, 0.4) is 0 Å². The molecular weight excluding hydrogens is 360 g/mol. The third kappa shape index (κ3) is 3.19. The lowest BCUT2D eigenvalue weighted by Gasteiger charge is -2.44. The van der Waals surface area contributed by atoms with Gasteiger partial charge in [0.05, 0.1) is 12.6 Å². The Labute approximate surface area is 144 Å². The van der Waals surface area contributed by atoms with Crippen molar-refractivity contribution in [3.8, 4) is 5.75 Å². The van der Waals surface area contributed by atoms with Crippen molar-refractivity contribution in [3.63, 3.8) is 0 Å². The Morgan fingerprint density at radius 3 is 2.87 bits per heavy atom. The Hall–Kier alpha value is -1.27. The van der Waals surface area contributed by atoms with E-state index in [4.69, 9.17) is 9.47 Å². The molecule has 0 aliphatic carbocycles. The minimum atomic E-state index is -0.301. The van der Waals surface area contributed by atoms with E-state index in [-0.39, 0.29) is 18.2 Å². The van der Waals surface area contributed by atoms with Crippen LogP contribution in [-0.2, 0) is 4.74 Å². The standard InChI is InChI=1S/C17H21BrN2O3/c18-12-1-2-13-14(5-8-22-15(13)9-12)19-17(21)23-16-10-20-6-3-11(16)4-7-20/h1-2,9,11,14,16H,3-8,10H2,(H,19,21)/t14?,16-/m1/s1. The number of benzene rings is 1. The van der Waals surface area contributed by atoms with Crippen LogP contribution in [0.4, 0.5) is 4.79 Å². The van der Waals surface area contributed by atoms with Crippen LogP contribution >= 0.6 is 15.9 Å². The van der Waals surface area contributed by atoms with Gasteiger partial charge in [-0.05, 0) is 44.0 Å². The second kappa shape index (κ2) is 6.32. The summed E-state index contributed by atoms with van der Waals surface area (Å²) in [4.78, 5) is 14.7. The molecule has 5 rings (SSSR count). The van der Waals surface area contributed by atoms with Crippen molar-refractivity contribution in [1.82, 2.24) is 10.2 Å². The summed E-state index contributed by atoms with van der Waals surface area (Å²) in [6.45, 7) is 3.78. The number of rotatable bonds is 2. The number of hydrogen-bond acceptors (Lipinski definition) is 4. The molecule has 3 fully saturated rings. The molecule has 0 aromatic heterocycles. The maximum Gasteiger partial charge on any atom is 0.407 e. The van der Waals surface area contributed by atoms with E-state index in [1.165, 1.54) is 0 Å². The van der Waals surface area contributed by atoms with E-state index in [2.05, 4.69) is 26.1 Å². The molecule has 3 saturated heterocycles. The van der Waals surface area contributed by atoms with E-state index in [1.54, 1.807) is 0 Å². The van der Waals surface area contributed by atoms with E-state index in [0.29, 0.717) is 12.5 Å². The minimum Gasteiger partial charge on any atom is -0.493 e. The van der Waals surface area contributed by atoms with Crippen molar-refractivity contribution in [2.45, 2.75) is 31.4 Å². The summed E-state index contributed by atoms with van der Waals surface area (Å²) in [6.07, 6.45) is 2.80. The van der Waals surface area contributed by atoms with Crippen molar-refractivity contribution in [2.75, 3.05) is 26.2 Å². The van der Waals surface area contributed by atoms with Crippen LogP contribution < -0.4 is 10.1 Å². The molecule has 0 spiro atoms. The molecule has 23 heavy (non-hydrogen) atoms. The number of alkyl carbamates (subject to hydrolysis) is 1. The number of halogens is 1. The van der Waals surface area contributed by atoms with Gasteiger partial charge < -0.3 is 14.8 Å². The first-order chi connectivity index (χ1) is 11.2. The maximum atomic E-state index is 12.3. The quantitative estimate of drug-likeness (QED) is 0.856. The van der Waals surface area contributed by atoms with Crippen molar-refractivity contribution < 1.29 is 14.3 Å². The molecule has 1 aromatic carbocycles. The fraction of sp³-hybridized carbons (Fsp3) is 0.588. The summed E-state index contributed by atoms with van der Waals surface area (Å²) in [6, 6.07) is 5.88. The predicted octanol–water partition coefficient (Wildman–Crippen LogP) is 3.09. The smallest absolute Gasteiger partial charge is 0.407 e. The Morgan fingerprint density at radius 1 is 1.30 bits per heavy atom. The van der Waals surface area contributed by atoms with E-state index in [9.17, 15) is 4.79 Å². The van der Waals surface area contributed by atoms with E-state index < -0.39 is 0 Å². The Kier molecular flexibility index (Phi) is 4.20. The van der Waals surface area contributed by atoms with Crippen molar-refractivity contribution in [2.24, 2.45) is 5.92 Å². The SMILES string of the molecule is O=C(NC1CCOc2cc(Br)ccc21)O[C@@H]1CN2CCC1CC2. The number of ether oxygens (including phenoxy) is 2. The molecule has 4 aliphatic heterocycles. The van der Waals surface area contributed by atoms with E-state index in [1.807, 2.05) is 18.2 Å². The van der Waals surface area contributed by atoms with Gasteiger partial charge in [0.15, 0.2) is 0 Å². The highest BCUT2D eigenvalue weighted by Gasteiger charge is 2.37. The third-order valence-electron chi connectivity index (χ3n) is 5.16. The Morgan fingerprint density at radius 2 is 2.13 bits per heavy atom. The summed E-state index contributed by atoms with van der Waals surface area (Å²) in [5.74, 6) is 1.36. The van der Waals surface area contributed by atoms with Crippen LogP contribution in [0, 0.1) is 5.92 Å². The molecule has 2 bridgehead atoms. The summed E-state index contributed by atoms with van der Waals surface area (Å²) < 4.78 is 12.4. The normalized spacial score (nSPS) is 31.9. The number of nitrogens with one attached hydrogen (secondary N) is 1. The zero-order valence-electron chi connectivity index (χ0n) is 13.0. The van der Waals surface area contributed by atoms with Gasteiger partial charge in [0.1, 0.15) is 11.9 Å². The van der Waals surface area contributed by atoms with Gasteiger partial charge >= 0.3 is 6.09 Å². The van der Waals surface area contributed by atoms with Gasteiger partial charge in [-0.1, -0.05) is 22.0 Å². The number of hydrogen-bond donors (Lipinski definition) is 1. The fourth-order valence-electron chi connectivity index (χ4n) is 3.87. The van der Waals surface area contributed by atoms with Crippen LogP contribution in [-0.4, -0.2) is 43.3 Å². The fourth-order valence-corrected chi connectivity index (χ4v) is 4.21. The number of nitrogens with zero attached hydrogens (tertiary/aromatic N) is 1. The van der Waals surface area contributed by atoms with Crippen LogP contribution in [0.1, 0.15) is 30.9 Å². The molecular formula is C17H21BrN2O3. The molecule has 1 aromatic rings.